The largest absolute Gasteiger partial charge is 0.373 e. The molecule has 0 unspecified atom stereocenters. The standard InChI is InChI=1S/C17H26N4OS/c1-13(2)21-12-18-19-17(21)11-20(3)10-14-7-8-16(23-14)15-6-4-5-9-22-15/h7-8,12-13,15H,4-6,9-11H2,1-3H3/t15-/m1/s1. The van der Waals surface area contributed by atoms with Crippen molar-refractivity contribution < 1.29 is 4.74 Å². The number of rotatable bonds is 6. The maximum Gasteiger partial charge on any atom is 0.147 e. The van der Waals surface area contributed by atoms with Crippen molar-refractivity contribution >= 4 is 11.3 Å². The average molecular weight is 334 g/mol. The first-order chi connectivity index (χ1) is 11.1. The van der Waals surface area contributed by atoms with Crippen molar-refractivity contribution in [1.29, 1.82) is 0 Å². The van der Waals surface area contributed by atoms with Crippen LogP contribution in [0.3, 0.4) is 0 Å². The van der Waals surface area contributed by atoms with Crippen LogP contribution >= 0.6 is 11.3 Å². The van der Waals surface area contributed by atoms with Crippen molar-refractivity contribution in [3.8, 4) is 0 Å². The molecule has 1 atom stereocenters. The van der Waals surface area contributed by atoms with Crippen molar-refractivity contribution in [2.24, 2.45) is 0 Å². The summed E-state index contributed by atoms with van der Waals surface area (Å²) in [6, 6.07) is 4.87. The Labute approximate surface area is 142 Å². The fourth-order valence-corrected chi connectivity index (χ4v) is 4.17. The normalized spacial score (nSPS) is 18.9. The number of nitrogens with zero attached hydrogens (tertiary/aromatic N) is 4. The van der Waals surface area contributed by atoms with Gasteiger partial charge >= 0.3 is 0 Å². The van der Waals surface area contributed by atoms with E-state index < -0.39 is 0 Å². The van der Waals surface area contributed by atoms with E-state index in [9.17, 15) is 0 Å². The highest BCUT2D eigenvalue weighted by Gasteiger charge is 2.18. The molecule has 23 heavy (non-hydrogen) atoms. The van der Waals surface area contributed by atoms with E-state index in [2.05, 4.69) is 52.7 Å². The first-order valence-corrected chi connectivity index (χ1v) is 9.22. The highest BCUT2D eigenvalue weighted by molar-refractivity contribution is 7.12. The molecule has 1 aliphatic heterocycles. The monoisotopic (exact) mass is 334 g/mol. The molecule has 0 aromatic carbocycles. The summed E-state index contributed by atoms with van der Waals surface area (Å²) in [5.41, 5.74) is 0. The smallest absolute Gasteiger partial charge is 0.147 e. The Morgan fingerprint density at radius 3 is 2.96 bits per heavy atom. The first-order valence-electron chi connectivity index (χ1n) is 8.40. The van der Waals surface area contributed by atoms with Gasteiger partial charge in [-0.25, -0.2) is 0 Å². The Bertz CT molecular complexity index is 616. The van der Waals surface area contributed by atoms with Crippen molar-refractivity contribution in [3.05, 3.63) is 34.0 Å². The molecule has 0 aliphatic carbocycles. The molecule has 5 nitrogen and oxygen atoms in total. The molecule has 0 amide bonds. The number of thiophene rings is 1. The maximum absolute atomic E-state index is 5.88. The van der Waals surface area contributed by atoms with Gasteiger partial charge in [0.05, 0.1) is 12.6 Å². The third kappa shape index (κ3) is 4.19. The zero-order valence-electron chi connectivity index (χ0n) is 14.2. The molecule has 1 aliphatic rings. The summed E-state index contributed by atoms with van der Waals surface area (Å²) in [5, 5.41) is 8.29. The van der Waals surface area contributed by atoms with E-state index in [1.807, 2.05) is 17.7 Å². The van der Waals surface area contributed by atoms with Gasteiger partial charge in [0.15, 0.2) is 0 Å². The molecule has 2 aromatic rings. The van der Waals surface area contributed by atoms with Crippen LogP contribution in [0.5, 0.6) is 0 Å². The Morgan fingerprint density at radius 2 is 2.22 bits per heavy atom. The van der Waals surface area contributed by atoms with Gasteiger partial charge in [0.1, 0.15) is 12.2 Å². The molecule has 0 radical (unpaired) electrons. The van der Waals surface area contributed by atoms with Crippen molar-refractivity contribution in [3.63, 3.8) is 0 Å². The quantitative estimate of drug-likeness (QED) is 0.806. The number of aromatic nitrogens is 3. The lowest BCUT2D eigenvalue weighted by atomic mass is 10.1. The second-order valence-electron chi connectivity index (χ2n) is 6.58. The minimum absolute atomic E-state index is 0.317. The summed E-state index contributed by atoms with van der Waals surface area (Å²) < 4.78 is 8.02. The van der Waals surface area contributed by atoms with Crippen LogP contribution in [0, 0.1) is 0 Å². The molecule has 1 saturated heterocycles. The summed E-state index contributed by atoms with van der Waals surface area (Å²) in [6.45, 7) is 6.96. The summed E-state index contributed by atoms with van der Waals surface area (Å²) in [4.78, 5) is 5.05. The van der Waals surface area contributed by atoms with Crippen LogP contribution in [-0.2, 0) is 17.8 Å². The van der Waals surface area contributed by atoms with Gasteiger partial charge in [0.25, 0.3) is 0 Å². The van der Waals surface area contributed by atoms with E-state index in [0.717, 1.165) is 31.9 Å². The predicted octanol–water partition coefficient (Wildman–Crippen LogP) is 3.79. The van der Waals surface area contributed by atoms with Gasteiger partial charge in [0.2, 0.25) is 0 Å². The zero-order valence-corrected chi connectivity index (χ0v) is 15.1. The molecular formula is C17H26N4OS. The molecule has 3 rings (SSSR count). The zero-order chi connectivity index (χ0) is 16.2. The van der Waals surface area contributed by atoms with E-state index in [4.69, 9.17) is 4.74 Å². The molecule has 6 heteroatoms. The SMILES string of the molecule is CC(C)n1cnnc1CN(C)Cc1ccc([C@H]2CCCCO2)s1. The maximum atomic E-state index is 5.88. The number of hydrogen-bond donors (Lipinski definition) is 0. The van der Waals surface area contributed by atoms with Crippen LogP contribution in [0.15, 0.2) is 18.5 Å². The summed E-state index contributed by atoms with van der Waals surface area (Å²) in [7, 11) is 2.13. The third-order valence-electron chi connectivity index (χ3n) is 4.22. The lowest BCUT2D eigenvalue weighted by Gasteiger charge is -2.21. The van der Waals surface area contributed by atoms with Crippen molar-refractivity contribution in [2.75, 3.05) is 13.7 Å². The first kappa shape index (κ1) is 16.6. The Hall–Kier alpha value is -1.24. The molecule has 2 aromatic heterocycles. The van der Waals surface area contributed by atoms with E-state index in [1.54, 1.807) is 0 Å². The lowest BCUT2D eigenvalue weighted by Crippen LogP contribution is -2.20. The van der Waals surface area contributed by atoms with Gasteiger partial charge in [0, 0.05) is 28.9 Å². The summed E-state index contributed by atoms with van der Waals surface area (Å²) in [6.07, 6.45) is 5.78. The topological polar surface area (TPSA) is 43.2 Å². The summed E-state index contributed by atoms with van der Waals surface area (Å²) in [5.74, 6) is 1.02. The second kappa shape index (κ2) is 7.55. The highest BCUT2D eigenvalue weighted by Crippen LogP contribution is 2.33. The highest BCUT2D eigenvalue weighted by atomic mass is 32.1. The van der Waals surface area contributed by atoms with Crippen LogP contribution < -0.4 is 0 Å². The van der Waals surface area contributed by atoms with Crippen LogP contribution in [0.2, 0.25) is 0 Å². The molecule has 0 saturated carbocycles. The summed E-state index contributed by atoms with van der Waals surface area (Å²) >= 11 is 1.88. The van der Waals surface area contributed by atoms with Crippen LogP contribution in [0.25, 0.3) is 0 Å². The molecule has 3 heterocycles. The Kier molecular flexibility index (Phi) is 5.46. The molecule has 1 fully saturated rings. The van der Waals surface area contributed by atoms with Crippen molar-refractivity contribution in [1.82, 2.24) is 19.7 Å². The van der Waals surface area contributed by atoms with Gasteiger partial charge in [-0.15, -0.1) is 21.5 Å². The van der Waals surface area contributed by atoms with E-state index >= 15 is 0 Å². The average Bonchev–Trinajstić information content (AvgIpc) is 3.17. The molecule has 0 spiro atoms. The van der Waals surface area contributed by atoms with Crippen molar-refractivity contribution in [2.45, 2.75) is 58.3 Å². The van der Waals surface area contributed by atoms with E-state index in [1.165, 1.54) is 22.6 Å². The Morgan fingerprint density at radius 1 is 1.35 bits per heavy atom. The second-order valence-corrected chi connectivity index (χ2v) is 7.78. The van der Waals surface area contributed by atoms with Crippen LogP contribution in [0.1, 0.15) is 60.8 Å². The van der Waals surface area contributed by atoms with Gasteiger partial charge in [-0.3, -0.25) is 4.90 Å². The van der Waals surface area contributed by atoms with Gasteiger partial charge in [-0.1, -0.05) is 0 Å². The van der Waals surface area contributed by atoms with Crippen LogP contribution in [-0.4, -0.2) is 33.3 Å². The third-order valence-corrected chi connectivity index (χ3v) is 5.38. The molecule has 126 valence electrons. The molecule has 0 N–H and O–H groups in total. The Balaban J connectivity index is 1.58. The minimum atomic E-state index is 0.317. The lowest BCUT2D eigenvalue weighted by molar-refractivity contribution is 0.0172. The van der Waals surface area contributed by atoms with Crippen LogP contribution in [0.4, 0.5) is 0 Å². The predicted molar refractivity (Wildman–Crippen MR) is 92.4 cm³/mol. The molecule has 0 bridgehead atoms. The minimum Gasteiger partial charge on any atom is -0.373 e. The number of ether oxygens (including phenoxy) is 1. The fraction of sp³-hybridized carbons (Fsp3) is 0.647. The van der Waals surface area contributed by atoms with E-state index in [0.29, 0.717) is 12.1 Å². The van der Waals surface area contributed by atoms with Gasteiger partial charge in [-0.05, 0) is 52.3 Å². The number of hydrogen-bond acceptors (Lipinski definition) is 5. The van der Waals surface area contributed by atoms with Gasteiger partial charge < -0.3 is 9.30 Å². The fourth-order valence-electron chi connectivity index (χ4n) is 2.99. The van der Waals surface area contributed by atoms with Gasteiger partial charge in [-0.2, -0.15) is 0 Å². The van der Waals surface area contributed by atoms with E-state index in [-0.39, 0.29) is 0 Å². The molecular weight excluding hydrogens is 308 g/mol.